The zero-order chi connectivity index (χ0) is 14.9. The third-order valence-electron chi connectivity index (χ3n) is 3.79. The van der Waals surface area contributed by atoms with E-state index in [4.69, 9.17) is 4.74 Å². The Morgan fingerprint density at radius 2 is 2.10 bits per heavy atom. The molecule has 1 aromatic carbocycles. The number of likely N-dealkylation sites (N-methyl/N-ethyl adjacent to an activating group) is 1. The Morgan fingerprint density at radius 1 is 1.40 bits per heavy atom. The number of carbonyl (C=O) groups is 2. The summed E-state index contributed by atoms with van der Waals surface area (Å²) in [6.07, 6.45) is -1.02. The summed E-state index contributed by atoms with van der Waals surface area (Å²) in [5, 5.41) is 9.33. The van der Waals surface area contributed by atoms with Crippen molar-refractivity contribution in [1.29, 1.82) is 0 Å². The minimum Gasteiger partial charge on any atom is -0.479 e. The van der Waals surface area contributed by atoms with Gasteiger partial charge in [-0.2, -0.15) is 0 Å². The summed E-state index contributed by atoms with van der Waals surface area (Å²) in [5.41, 5.74) is 3.00. The molecule has 1 fully saturated rings. The normalized spacial score (nSPS) is 22.9. The zero-order valence-corrected chi connectivity index (χ0v) is 11.9. The van der Waals surface area contributed by atoms with Crippen LogP contribution in [0.25, 0.3) is 0 Å². The van der Waals surface area contributed by atoms with Gasteiger partial charge in [0.05, 0.1) is 6.04 Å². The highest BCUT2D eigenvalue weighted by Crippen LogP contribution is 2.31. The van der Waals surface area contributed by atoms with Gasteiger partial charge in [0, 0.05) is 6.54 Å². The lowest BCUT2D eigenvalue weighted by Gasteiger charge is -2.39. The van der Waals surface area contributed by atoms with Crippen molar-refractivity contribution in [2.45, 2.75) is 32.9 Å². The number of nitrogens with zero attached hydrogens (tertiary/aromatic N) is 1. The molecule has 0 spiro atoms. The molecule has 2 atom stereocenters. The molecule has 0 bridgehead atoms. The topological polar surface area (TPSA) is 66.8 Å². The third-order valence-corrected chi connectivity index (χ3v) is 3.79. The number of hydrogen-bond acceptors (Lipinski definition) is 3. The second-order valence-electron chi connectivity index (χ2n) is 5.04. The summed E-state index contributed by atoms with van der Waals surface area (Å²) in [7, 11) is 0. The summed E-state index contributed by atoms with van der Waals surface area (Å²) in [6, 6.07) is 5.17. The van der Waals surface area contributed by atoms with E-state index in [1.807, 2.05) is 39.0 Å². The van der Waals surface area contributed by atoms with Gasteiger partial charge in [-0.05, 0) is 37.5 Å². The minimum absolute atomic E-state index is 0.173. The number of carbonyl (C=O) groups excluding carboxylic acids is 1. The standard InChI is InChI=1S/C15H19NO4/c1-4-16-12(17)8-20-14(15(18)19)13(16)11-6-5-9(2)10(3)7-11/h5-7,13-14H,4,8H2,1-3H3,(H,18,19). The third kappa shape index (κ3) is 2.54. The number of morpholine rings is 1. The van der Waals surface area contributed by atoms with Crippen molar-refractivity contribution in [1.82, 2.24) is 4.90 Å². The molecule has 5 nitrogen and oxygen atoms in total. The second kappa shape index (κ2) is 5.63. The Balaban J connectivity index is 2.46. The Hall–Kier alpha value is -1.88. The molecule has 5 heteroatoms. The maximum atomic E-state index is 11.9. The molecule has 1 heterocycles. The molecular weight excluding hydrogens is 258 g/mol. The molecule has 20 heavy (non-hydrogen) atoms. The van der Waals surface area contributed by atoms with Crippen molar-refractivity contribution in [3.63, 3.8) is 0 Å². The highest BCUT2D eigenvalue weighted by molar-refractivity contribution is 5.83. The van der Waals surface area contributed by atoms with Gasteiger partial charge >= 0.3 is 5.97 Å². The van der Waals surface area contributed by atoms with Gasteiger partial charge in [-0.25, -0.2) is 4.79 Å². The van der Waals surface area contributed by atoms with Crippen molar-refractivity contribution in [2.24, 2.45) is 0 Å². The molecule has 1 aliphatic heterocycles. The van der Waals surface area contributed by atoms with Crippen LogP contribution in [0.15, 0.2) is 18.2 Å². The van der Waals surface area contributed by atoms with Crippen molar-refractivity contribution < 1.29 is 19.4 Å². The van der Waals surface area contributed by atoms with Crippen LogP contribution in [0.5, 0.6) is 0 Å². The van der Waals surface area contributed by atoms with E-state index in [9.17, 15) is 14.7 Å². The lowest BCUT2D eigenvalue weighted by atomic mass is 9.95. The number of carboxylic acid groups (broad SMARTS) is 1. The average Bonchev–Trinajstić information content (AvgIpc) is 2.41. The van der Waals surface area contributed by atoms with Crippen LogP contribution in [0.1, 0.15) is 29.7 Å². The molecule has 1 saturated heterocycles. The van der Waals surface area contributed by atoms with E-state index in [0.717, 1.165) is 16.7 Å². The predicted molar refractivity (Wildman–Crippen MR) is 73.4 cm³/mol. The van der Waals surface area contributed by atoms with E-state index in [-0.39, 0.29) is 12.5 Å². The summed E-state index contributed by atoms with van der Waals surface area (Å²) < 4.78 is 5.23. The number of benzene rings is 1. The molecule has 0 aliphatic carbocycles. The van der Waals surface area contributed by atoms with Gasteiger partial charge in [-0.15, -0.1) is 0 Å². The van der Waals surface area contributed by atoms with E-state index >= 15 is 0 Å². The molecule has 2 rings (SSSR count). The number of ether oxygens (including phenoxy) is 1. The second-order valence-corrected chi connectivity index (χ2v) is 5.04. The molecule has 2 unspecified atom stereocenters. The van der Waals surface area contributed by atoms with E-state index in [2.05, 4.69) is 0 Å². The highest BCUT2D eigenvalue weighted by atomic mass is 16.5. The number of aryl methyl sites for hydroxylation is 2. The fourth-order valence-corrected chi connectivity index (χ4v) is 2.54. The van der Waals surface area contributed by atoms with E-state index in [1.165, 1.54) is 0 Å². The molecule has 0 aromatic heterocycles. The number of rotatable bonds is 3. The first-order chi connectivity index (χ1) is 9.45. The fourth-order valence-electron chi connectivity index (χ4n) is 2.54. The molecule has 0 radical (unpaired) electrons. The Bertz CT molecular complexity index is 539. The highest BCUT2D eigenvalue weighted by Gasteiger charge is 2.41. The van der Waals surface area contributed by atoms with Crippen LogP contribution in [-0.2, 0) is 14.3 Å². The number of carboxylic acids is 1. The lowest BCUT2D eigenvalue weighted by Crippen LogP contribution is -2.51. The Morgan fingerprint density at radius 3 is 2.65 bits per heavy atom. The van der Waals surface area contributed by atoms with Gasteiger partial charge in [0.15, 0.2) is 6.10 Å². The molecular formula is C15H19NO4. The Labute approximate surface area is 118 Å². The van der Waals surface area contributed by atoms with Crippen LogP contribution in [0.4, 0.5) is 0 Å². The zero-order valence-electron chi connectivity index (χ0n) is 11.9. The van der Waals surface area contributed by atoms with Crippen LogP contribution in [0.2, 0.25) is 0 Å². The van der Waals surface area contributed by atoms with Crippen LogP contribution < -0.4 is 0 Å². The largest absolute Gasteiger partial charge is 0.479 e. The van der Waals surface area contributed by atoms with Crippen molar-refractivity contribution in [3.05, 3.63) is 34.9 Å². The van der Waals surface area contributed by atoms with Gasteiger partial charge in [0.25, 0.3) is 0 Å². The van der Waals surface area contributed by atoms with E-state index < -0.39 is 18.1 Å². The number of hydrogen-bond donors (Lipinski definition) is 1. The van der Waals surface area contributed by atoms with Gasteiger partial charge in [0.1, 0.15) is 6.61 Å². The quantitative estimate of drug-likeness (QED) is 0.912. The van der Waals surface area contributed by atoms with Crippen molar-refractivity contribution in [2.75, 3.05) is 13.2 Å². The monoisotopic (exact) mass is 277 g/mol. The number of amides is 1. The first kappa shape index (κ1) is 14.5. The van der Waals surface area contributed by atoms with Crippen molar-refractivity contribution >= 4 is 11.9 Å². The average molecular weight is 277 g/mol. The maximum absolute atomic E-state index is 11.9. The molecule has 108 valence electrons. The maximum Gasteiger partial charge on any atom is 0.335 e. The van der Waals surface area contributed by atoms with Crippen LogP contribution in [0, 0.1) is 13.8 Å². The number of aliphatic carboxylic acids is 1. The summed E-state index contributed by atoms with van der Waals surface area (Å²) >= 11 is 0. The fraction of sp³-hybridized carbons (Fsp3) is 0.467. The van der Waals surface area contributed by atoms with Crippen molar-refractivity contribution in [3.8, 4) is 0 Å². The predicted octanol–water partition coefficient (Wildman–Crippen LogP) is 1.68. The molecule has 1 amide bonds. The molecule has 1 N–H and O–H groups in total. The van der Waals surface area contributed by atoms with Crippen LogP contribution in [-0.4, -0.2) is 41.1 Å². The minimum atomic E-state index is -1.04. The summed E-state index contributed by atoms with van der Waals surface area (Å²) in [4.78, 5) is 24.9. The smallest absolute Gasteiger partial charge is 0.335 e. The van der Waals surface area contributed by atoms with Crippen LogP contribution in [0.3, 0.4) is 0 Å². The molecule has 0 saturated carbocycles. The van der Waals surface area contributed by atoms with Gasteiger partial charge in [-0.3, -0.25) is 4.79 Å². The van der Waals surface area contributed by atoms with Crippen LogP contribution >= 0.6 is 0 Å². The lowest BCUT2D eigenvalue weighted by molar-refractivity contribution is -0.172. The SMILES string of the molecule is CCN1C(=O)COC(C(=O)O)C1c1ccc(C)c(C)c1. The van der Waals surface area contributed by atoms with Gasteiger partial charge in [0.2, 0.25) is 5.91 Å². The first-order valence-electron chi connectivity index (χ1n) is 6.66. The summed E-state index contributed by atoms with van der Waals surface area (Å²) in [6.45, 7) is 6.09. The first-order valence-corrected chi connectivity index (χ1v) is 6.66. The summed E-state index contributed by atoms with van der Waals surface area (Å²) in [5.74, 6) is -1.22. The van der Waals surface area contributed by atoms with E-state index in [1.54, 1.807) is 4.90 Å². The van der Waals surface area contributed by atoms with Gasteiger partial charge in [-0.1, -0.05) is 18.2 Å². The van der Waals surface area contributed by atoms with E-state index in [0.29, 0.717) is 6.54 Å². The van der Waals surface area contributed by atoms with Gasteiger partial charge < -0.3 is 14.7 Å². The Kier molecular flexibility index (Phi) is 4.09. The molecule has 1 aliphatic rings. The molecule has 1 aromatic rings.